The SMILES string of the molecule is COc1ccc(CCNS(=O)(=O)c2ccc(O[C@@H](C)C(=O)NC3CCCCC3)cc2)cc1OC. The van der Waals surface area contributed by atoms with Crippen molar-refractivity contribution in [2.24, 2.45) is 0 Å². The summed E-state index contributed by atoms with van der Waals surface area (Å²) in [5.74, 6) is 1.51. The lowest BCUT2D eigenvalue weighted by Gasteiger charge is -2.24. The number of hydrogen-bond acceptors (Lipinski definition) is 6. The Morgan fingerprint density at radius 3 is 2.32 bits per heavy atom. The van der Waals surface area contributed by atoms with E-state index in [2.05, 4.69) is 10.0 Å². The molecule has 186 valence electrons. The van der Waals surface area contributed by atoms with Crippen molar-refractivity contribution in [2.45, 2.75) is 62.5 Å². The van der Waals surface area contributed by atoms with Crippen LogP contribution in [0.15, 0.2) is 47.4 Å². The van der Waals surface area contributed by atoms with E-state index in [9.17, 15) is 13.2 Å². The summed E-state index contributed by atoms with van der Waals surface area (Å²) < 4.78 is 44.1. The minimum atomic E-state index is -3.68. The molecule has 3 rings (SSSR count). The molecule has 1 fully saturated rings. The third-order valence-electron chi connectivity index (χ3n) is 5.92. The molecule has 9 heteroatoms. The Labute approximate surface area is 202 Å². The Morgan fingerprint density at radius 2 is 1.68 bits per heavy atom. The van der Waals surface area contributed by atoms with Gasteiger partial charge in [0, 0.05) is 12.6 Å². The van der Waals surface area contributed by atoms with E-state index in [1.54, 1.807) is 39.3 Å². The van der Waals surface area contributed by atoms with Crippen LogP contribution in [0.3, 0.4) is 0 Å². The topological polar surface area (TPSA) is 103 Å². The summed E-state index contributed by atoms with van der Waals surface area (Å²) in [7, 11) is -0.559. The fraction of sp³-hybridized carbons (Fsp3) is 0.480. The highest BCUT2D eigenvalue weighted by Crippen LogP contribution is 2.27. The second-order valence-electron chi connectivity index (χ2n) is 8.41. The molecular formula is C25H34N2O6S. The van der Waals surface area contributed by atoms with Crippen LogP contribution >= 0.6 is 0 Å². The summed E-state index contributed by atoms with van der Waals surface area (Å²) in [5, 5.41) is 3.04. The van der Waals surface area contributed by atoms with Crippen LogP contribution in [0, 0.1) is 0 Å². The summed E-state index contributed by atoms with van der Waals surface area (Å²) in [6, 6.07) is 11.8. The van der Waals surface area contributed by atoms with Crippen molar-refractivity contribution in [3.05, 3.63) is 48.0 Å². The molecule has 0 bridgehead atoms. The number of carbonyl (C=O) groups excluding carboxylic acids is 1. The van der Waals surface area contributed by atoms with E-state index in [-0.39, 0.29) is 23.4 Å². The van der Waals surface area contributed by atoms with Gasteiger partial charge in [0.25, 0.3) is 5.91 Å². The Bertz CT molecular complexity index is 1050. The lowest BCUT2D eigenvalue weighted by Crippen LogP contribution is -2.43. The summed E-state index contributed by atoms with van der Waals surface area (Å²) >= 11 is 0. The molecule has 0 saturated heterocycles. The second kappa shape index (κ2) is 12.1. The third kappa shape index (κ3) is 7.11. The lowest BCUT2D eigenvalue weighted by molar-refractivity contribution is -0.128. The average Bonchev–Trinajstić information content (AvgIpc) is 2.84. The van der Waals surface area contributed by atoms with Crippen LogP contribution in [0.5, 0.6) is 17.2 Å². The summed E-state index contributed by atoms with van der Waals surface area (Å²) in [6.45, 7) is 1.92. The normalized spacial score (nSPS) is 15.4. The number of sulfonamides is 1. The maximum atomic E-state index is 12.6. The Hall–Kier alpha value is -2.78. The van der Waals surface area contributed by atoms with Gasteiger partial charge in [-0.1, -0.05) is 25.3 Å². The van der Waals surface area contributed by atoms with E-state index in [1.807, 2.05) is 12.1 Å². The minimum absolute atomic E-state index is 0.131. The van der Waals surface area contributed by atoms with Gasteiger partial charge in [-0.3, -0.25) is 4.79 Å². The van der Waals surface area contributed by atoms with Gasteiger partial charge in [0.05, 0.1) is 19.1 Å². The van der Waals surface area contributed by atoms with E-state index >= 15 is 0 Å². The summed E-state index contributed by atoms with van der Waals surface area (Å²) in [4.78, 5) is 12.5. The Kier molecular flexibility index (Phi) is 9.18. The predicted octanol–water partition coefficient (Wildman–Crippen LogP) is 3.44. The Morgan fingerprint density at radius 1 is 1.00 bits per heavy atom. The van der Waals surface area contributed by atoms with E-state index in [0.29, 0.717) is 23.7 Å². The highest BCUT2D eigenvalue weighted by molar-refractivity contribution is 7.89. The molecule has 0 unspecified atom stereocenters. The van der Waals surface area contributed by atoms with E-state index in [4.69, 9.17) is 14.2 Å². The van der Waals surface area contributed by atoms with Crippen molar-refractivity contribution in [2.75, 3.05) is 20.8 Å². The van der Waals surface area contributed by atoms with Crippen LogP contribution in [0.25, 0.3) is 0 Å². The summed E-state index contributed by atoms with van der Waals surface area (Å²) in [5.41, 5.74) is 0.921. The number of rotatable bonds is 11. The van der Waals surface area contributed by atoms with Crippen LogP contribution < -0.4 is 24.2 Å². The van der Waals surface area contributed by atoms with Gasteiger partial charge in [-0.15, -0.1) is 0 Å². The van der Waals surface area contributed by atoms with Crippen molar-refractivity contribution < 1.29 is 27.4 Å². The maximum absolute atomic E-state index is 12.6. The van der Waals surface area contributed by atoms with Gasteiger partial charge < -0.3 is 19.5 Å². The van der Waals surface area contributed by atoms with E-state index in [0.717, 1.165) is 31.2 Å². The quantitative estimate of drug-likeness (QED) is 0.500. The molecule has 8 nitrogen and oxygen atoms in total. The largest absolute Gasteiger partial charge is 0.493 e. The van der Waals surface area contributed by atoms with Crippen LogP contribution in [-0.4, -0.2) is 47.2 Å². The number of carbonyl (C=O) groups is 1. The first-order valence-corrected chi connectivity index (χ1v) is 13.1. The van der Waals surface area contributed by atoms with E-state index < -0.39 is 16.1 Å². The van der Waals surface area contributed by atoms with Gasteiger partial charge in [-0.2, -0.15) is 0 Å². The zero-order chi connectivity index (χ0) is 24.6. The van der Waals surface area contributed by atoms with Gasteiger partial charge in [0.15, 0.2) is 17.6 Å². The minimum Gasteiger partial charge on any atom is -0.493 e. The number of benzene rings is 2. The number of nitrogens with one attached hydrogen (secondary N) is 2. The first kappa shape index (κ1) is 25.8. The van der Waals surface area contributed by atoms with Gasteiger partial charge in [-0.25, -0.2) is 13.1 Å². The highest BCUT2D eigenvalue weighted by atomic mass is 32.2. The van der Waals surface area contributed by atoms with Crippen molar-refractivity contribution in [1.82, 2.24) is 10.0 Å². The fourth-order valence-electron chi connectivity index (χ4n) is 3.97. The van der Waals surface area contributed by atoms with Gasteiger partial charge in [0.1, 0.15) is 5.75 Å². The first-order chi connectivity index (χ1) is 16.3. The van der Waals surface area contributed by atoms with Crippen molar-refractivity contribution >= 4 is 15.9 Å². The zero-order valence-electron chi connectivity index (χ0n) is 20.0. The molecule has 2 N–H and O–H groups in total. The fourth-order valence-corrected chi connectivity index (χ4v) is 5.00. The molecule has 1 saturated carbocycles. The molecule has 1 atom stereocenters. The van der Waals surface area contributed by atoms with Crippen molar-refractivity contribution in [3.63, 3.8) is 0 Å². The standard InChI is InChI=1S/C25H34N2O6S/c1-18(25(28)27-20-7-5-4-6-8-20)33-21-10-12-22(13-11-21)34(29,30)26-16-15-19-9-14-23(31-2)24(17-19)32-3/h9-14,17-18,20,26H,4-8,15-16H2,1-3H3,(H,27,28)/t18-/m0/s1. The monoisotopic (exact) mass is 490 g/mol. The summed E-state index contributed by atoms with van der Waals surface area (Å²) in [6.07, 6.45) is 5.34. The molecule has 1 amide bonds. The molecule has 2 aromatic carbocycles. The number of amides is 1. The molecule has 0 heterocycles. The Balaban J connectivity index is 1.51. The molecule has 0 radical (unpaired) electrons. The molecule has 1 aliphatic rings. The third-order valence-corrected chi connectivity index (χ3v) is 7.40. The molecule has 0 spiro atoms. The molecule has 0 aliphatic heterocycles. The molecule has 2 aromatic rings. The smallest absolute Gasteiger partial charge is 0.260 e. The molecule has 0 aromatic heterocycles. The number of ether oxygens (including phenoxy) is 3. The average molecular weight is 491 g/mol. The zero-order valence-corrected chi connectivity index (χ0v) is 20.8. The second-order valence-corrected chi connectivity index (χ2v) is 10.2. The predicted molar refractivity (Wildman–Crippen MR) is 130 cm³/mol. The van der Waals surface area contributed by atoms with Gasteiger partial charge in [-0.05, 0) is 68.1 Å². The number of methoxy groups -OCH3 is 2. The van der Waals surface area contributed by atoms with Crippen LogP contribution in [0.2, 0.25) is 0 Å². The lowest BCUT2D eigenvalue weighted by atomic mass is 9.95. The number of hydrogen-bond donors (Lipinski definition) is 2. The molecular weight excluding hydrogens is 456 g/mol. The van der Waals surface area contributed by atoms with Crippen LogP contribution in [0.4, 0.5) is 0 Å². The first-order valence-electron chi connectivity index (χ1n) is 11.6. The van der Waals surface area contributed by atoms with Gasteiger partial charge in [0.2, 0.25) is 10.0 Å². The van der Waals surface area contributed by atoms with Crippen molar-refractivity contribution in [1.29, 1.82) is 0 Å². The van der Waals surface area contributed by atoms with Gasteiger partial charge >= 0.3 is 0 Å². The van der Waals surface area contributed by atoms with E-state index in [1.165, 1.54) is 18.6 Å². The van der Waals surface area contributed by atoms with Crippen LogP contribution in [0.1, 0.15) is 44.6 Å². The highest BCUT2D eigenvalue weighted by Gasteiger charge is 2.21. The molecule has 34 heavy (non-hydrogen) atoms. The van der Waals surface area contributed by atoms with Crippen LogP contribution in [-0.2, 0) is 21.2 Å². The van der Waals surface area contributed by atoms with Crippen molar-refractivity contribution in [3.8, 4) is 17.2 Å². The maximum Gasteiger partial charge on any atom is 0.260 e. The molecule has 1 aliphatic carbocycles.